The monoisotopic (exact) mass is 318 g/mol. The lowest BCUT2D eigenvalue weighted by molar-refractivity contribution is -0.121. The largest absolute Gasteiger partial charge is 0.482 e. The average Bonchev–Trinajstić information content (AvgIpc) is 2.44. The molecule has 0 aliphatic carbocycles. The molecule has 0 spiro atoms. The number of hydrogen-bond donors (Lipinski definition) is 1. The molecular formula is C17H22N2O4. The summed E-state index contributed by atoms with van der Waals surface area (Å²) in [7, 11) is 0. The van der Waals surface area contributed by atoms with E-state index in [1.54, 1.807) is 49.9 Å². The van der Waals surface area contributed by atoms with E-state index in [0.717, 1.165) is 0 Å². The van der Waals surface area contributed by atoms with Gasteiger partial charge in [0, 0.05) is 12.2 Å². The van der Waals surface area contributed by atoms with E-state index >= 15 is 0 Å². The van der Waals surface area contributed by atoms with Crippen molar-refractivity contribution in [1.29, 1.82) is 0 Å². The summed E-state index contributed by atoms with van der Waals surface area (Å²) < 4.78 is 10.6. The van der Waals surface area contributed by atoms with Crippen LogP contribution in [0.4, 0.5) is 16.2 Å². The zero-order valence-corrected chi connectivity index (χ0v) is 13.7. The Balaban J connectivity index is 2.19. The van der Waals surface area contributed by atoms with Crippen molar-refractivity contribution < 1.29 is 19.1 Å². The zero-order valence-electron chi connectivity index (χ0n) is 13.7. The summed E-state index contributed by atoms with van der Waals surface area (Å²) in [5, 5.41) is 2.67. The van der Waals surface area contributed by atoms with Crippen LogP contribution in [0, 0.1) is 0 Å². The maximum atomic E-state index is 12.0. The number of benzene rings is 1. The molecule has 1 aromatic carbocycles. The topological polar surface area (TPSA) is 67.9 Å². The van der Waals surface area contributed by atoms with Gasteiger partial charge in [0.2, 0.25) is 0 Å². The number of fused-ring (bicyclic) bond motifs is 1. The SMILES string of the molecule is C=CCCN1C(=O)COc2ccc(NC(=O)OC(C)(C)C)cc21. The first kappa shape index (κ1) is 16.9. The average molecular weight is 318 g/mol. The van der Waals surface area contributed by atoms with E-state index < -0.39 is 11.7 Å². The molecule has 1 heterocycles. The van der Waals surface area contributed by atoms with Gasteiger partial charge in [-0.1, -0.05) is 6.08 Å². The van der Waals surface area contributed by atoms with Gasteiger partial charge in [-0.2, -0.15) is 0 Å². The summed E-state index contributed by atoms with van der Waals surface area (Å²) in [6, 6.07) is 5.15. The van der Waals surface area contributed by atoms with Gasteiger partial charge in [-0.15, -0.1) is 6.58 Å². The van der Waals surface area contributed by atoms with E-state index in [1.807, 2.05) is 0 Å². The summed E-state index contributed by atoms with van der Waals surface area (Å²) in [6.45, 7) is 9.60. The summed E-state index contributed by atoms with van der Waals surface area (Å²) in [5.74, 6) is 0.497. The third-order valence-corrected chi connectivity index (χ3v) is 3.10. The fourth-order valence-corrected chi connectivity index (χ4v) is 2.17. The van der Waals surface area contributed by atoms with E-state index in [2.05, 4.69) is 11.9 Å². The third-order valence-electron chi connectivity index (χ3n) is 3.10. The Morgan fingerprint density at radius 2 is 2.22 bits per heavy atom. The van der Waals surface area contributed by atoms with E-state index in [-0.39, 0.29) is 12.5 Å². The molecule has 2 rings (SSSR count). The second-order valence-electron chi connectivity index (χ2n) is 6.22. The molecule has 1 aliphatic rings. The van der Waals surface area contributed by atoms with Crippen LogP contribution in [0.25, 0.3) is 0 Å². The van der Waals surface area contributed by atoms with Crippen molar-refractivity contribution in [2.24, 2.45) is 0 Å². The first-order valence-corrected chi connectivity index (χ1v) is 7.48. The summed E-state index contributed by atoms with van der Waals surface area (Å²) in [6.07, 6.45) is 1.89. The van der Waals surface area contributed by atoms with Gasteiger partial charge >= 0.3 is 6.09 Å². The van der Waals surface area contributed by atoms with Crippen LogP contribution >= 0.6 is 0 Å². The second kappa shape index (κ2) is 6.73. The smallest absolute Gasteiger partial charge is 0.412 e. The molecule has 0 atom stereocenters. The number of anilines is 2. The van der Waals surface area contributed by atoms with Gasteiger partial charge in [-0.25, -0.2) is 4.79 Å². The fraction of sp³-hybridized carbons (Fsp3) is 0.412. The van der Waals surface area contributed by atoms with Crippen molar-refractivity contribution in [2.75, 3.05) is 23.4 Å². The molecule has 0 radical (unpaired) electrons. The lowest BCUT2D eigenvalue weighted by Gasteiger charge is -2.29. The van der Waals surface area contributed by atoms with Crippen molar-refractivity contribution in [3.63, 3.8) is 0 Å². The van der Waals surface area contributed by atoms with Crippen LogP contribution in [0.1, 0.15) is 27.2 Å². The maximum absolute atomic E-state index is 12.0. The Kier molecular flexibility index (Phi) is 4.93. The fourth-order valence-electron chi connectivity index (χ4n) is 2.17. The van der Waals surface area contributed by atoms with Gasteiger partial charge < -0.3 is 14.4 Å². The van der Waals surface area contributed by atoms with Crippen LogP contribution in [0.15, 0.2) is 30.9 Å². The Labute approximate surface area is 136 Å². The number of nitrogens with zero attached hydrogens (tertiary/aromatic N) is 1. The molecule has 0 unspecified atom stereocenters. The Morgan fingerprint density at radius 1 is 1.48 bits per heavy atom. The molecule has 1 aromatic rings. The number of nitrogens with one attached hydrogen (secondary N) is 1. The van der Waals surface area contributed by atoms with E-state index in [9.17, 15) is 9.59 Å². The highest BCUT2D eigenvalue weighted by molar-refractivity contribution is 5.99. The van der Waals surface area contributed by atoms with Gasteiger partial charge in [0.15, 0.2) is 6.61 Å². The molecule has 0 aromatic heterocycles. The number of carbonyl (C=O) groups is 2. The Hall–Kier alpha value is -2.50. The maximum Gasteiger partial charge on any atom is 0.412 e. The normalized spacial score (nSPS) is 13.9. The van der Waals surface area contributed by atoms with Crippen LogP contribution in [0.3, 0.4) is 0 Å². The molecule has 23 heavy (non-hydrogen) atoms. The molecule has 1 N–H and O–H groups in total. The Morgan fingerprint density at radius 3 is 2.87 bits per heavy atom. The number of carbonyl (C=O) groups excluding carboxylic acids is 2. The summed E-state index contributed by atoms with van der Waals surface area (Å²) in [5.41, 5.74) is 0.601. The van der Waals surface area contributed by atoms with Gasteiger partial charge in [0.1, 0.15) is 11.4 Å². The quantitative estimate of drug-likeness (QED) is 0.865. The van der Waals surface area contributed by atoms with E-state index in [1.165, 1.54) is 0 Å². The Bertz CT molecular complexity index is 620. The van der Waals surface area contributed by atoms with E-state index in [0.29, 0.717) is 30.1 Å². The number of ether oxygens (including phenoxy) is 2. The van der Waals surface area contributed by atoms with Crippen molar-refractivity contribution in [1.82, 2.24) is 0 Å². The van der Waals surface area contributed by atoms with Crippen LogP contribution in [-0.2, 0) is 9.53 Å². The number of rotatable bonds is 4. The first-order chi connectivity index (χ1) is 10.8. The molecule has 0 saturated carbocycles. The summed E-state index contributed by atoms with van der Waals surface area (Å²) >= 11 is 0. The summed E-state index contributed by atoms with van der Waals surface area (Å²) in [4.78, 5) is 25.5. The minimum absolute atomic E-state index is 0.0168. The molecule has 1 aliphatic heterocycles. The standard InChI is InChI=1S/C17H22N2O4/c1-5-6-9-19-13-10-12(18-16(21)23-17(2,3)4)7-8-14(13)22-11-15(19)20/h5,7-8,10H,1,6,9,11H2,2-4H3,(H,18,21). The van der Waals surface area contributed by atoms with Crippen LogP contribution in [0.5, 0.6) is 5.75 Å². The van der Waals surface area contributed by atoms with Crippen LogP contribution in [0.2, 0.25) is 0 Å². The van der Waals surface area contributed by atoms with Crippen molar-refractivity contribution in [3.05, 3.63) is 30.9 Å². The highest BCUT2D eigenvalue weighted by Gasteiger charge is 2.25. The lowest BCUT2D eigenvalue weighted by atomic mass is 10.2. The van der Waals surface area contributed by atoms with Gasteiger partial charge in [0.05, 0.1) is 5.69 Å². The van der Waals surface area contributed by atoms with Gasteiger partial charge in [-0.3, -0.25) is 10.1 Å². The minimum atomic E-state index is -0.576. The highest BCUT2D eigenvalue weighted by atomic mass is 16.6. The van der Waals surface area contributed by atoms with Gasteiger partial charge in [0.25, 0.3) is 5.91 Å². The predicted molar refractivity (Wildman–Crippen MR) is 89.0 cm³/mol. The molecular weight excluding hydrogens is 296 g/mol. The molecule has 0 saturated heterocycles. The second-order valence-corrected chi connectivity index (χ2v) is 6.22. The molecule has 0 bridgehead atoms. The predicted octanol–water partition coefficient (Wildman–Crippen LogP) is 3.34. The zero-order chi connectivity index (χ0) is 17.0. The first-order valence-electron chi connectivity index (χ1n) is 7.48. The van der Waals surface area contributed by atoms with Crippen LogP contribution in [-0.4, -0.2) is 30.8 Å². The third kappa shape index (κ3) is 4.48. The minimum Gasteiger partial charge on any atom is -0.482 e. The lowest BCUT2D eigenvalue weighted by Crippen LogP contribution is -2.39. The molecule has 124 valence electrons. The molecule has 6 nitrogen and oxygen atoms in total. The van der Waals surface area contributed by atoms with Crippen LogP contribution < -0.4 is 15.0 Å². The molecule has 0 fully saturated rings. The van der Waals surface area contributed by atoms with Gasteiger partial charge in [-0.05, 0) is 45.4 Å². The van der Waals surface area contributed by atoms with Crippen molar-refractivity contribution >= 4 is 23.4 Å². The molecule has 2 amide bonds. The highest BCUT2D eigenvalue weighted by Crippen LogP contribution is 2.34. The van der Waals surface area contributed by atoms with Crippen molar-refractivity contribution in [3.8, 4) is 5.75 Å². The number of hydrogen-bond acceptors (Lipinski definition) is 4. The van der Waals surface area contributed by atoms with E-state index in [4.69, 9.17) is 9.47 Å². The number of amides is 2. The van der Waals surface area contributed by atoms with Crippen molar-refractivity contribution in [2.45, 2.75) is 32.8 Å². The molecule has 6 heteroatoms.